The molecule has 0 radical (unpaired) electrons. The summed E-state index contributed by atoms with van der Waals surface area (Å²) in [6, 6.07) is 2.20. The van der Waals surface area contributed by atoms with Crippen molar-refractivity contribution in [3.63, 3.8) is 0 Å². The predicted octanol–water partition coefficient (Wildman–Crippen LogP) is 1.63. The first-order chi connectivity index (χ1) is 12.5. The summed E-state index contributed by atoms with van der Waals surface area (Å²) in [5.74, 6) is 2.77. The fraction of sp³-hybridized carbons (Fsp3) is 0.632. The van der Waals surface area contributed by atoms with Crippen LogP contribution in [0.3, 0.4) is 0 Å². The van der Waals surface area contributed by atoms with Gasteiger partial charge in [-0.25, -0.2) is 0 Å². The van der Waals surface area contributed by atoms with Gasteiger partial charge in [0.1, 0.15) is 11.3 Å². The van der Waals surface area contributed by atoms with Gasteiger partial charge in [-0.05, 0) is 44.6 Å². The van der Waals surface area contributed by atoms with Gasteiger partial charge in [0, 0.05) is 32.7 Å². The summed E-state index contributed by atoms with van der Waals surface area (Å²) in [6.07, 6.45) is 0. The summed E-state index contributed by atoms with van der Waals surface area (Å²) < 4.78 is 7.30. The van der Waals surface area contributed by atoms with Crippen molar-refractivity contribution in [3.8, 4) is 0 Å². The van der Waals surface area contributed by atoms with E-state index in [0.29, 0.717) is 28.9 Å². The van der Waals surface area contributed by atoms with Crippen LogP contribution in [0.2, 0.25) is 0 Å². The van der Waals surface area contributed by atoms with Gasteiger partial charge in [0.15, 0.2) is 0 Å². The molecule has 7 heteroatoms. The highest BCUT2D eigenvalue weighted by atomic mass is 16.5. The van der Waals surface area contributed by atoms with Gasteiger partial charge in [-0.1, -0.05) is 5.16 Å². The lowest BCUT2D eigenvalue weighted by molar-refractivity contribution is 0.0759. The monoisotopic (exact) mass is 355 g/mol. The van der Waals surface area contributed by atoms with Crippen LogP contribution >= 0.6 is 0 Å². The second-order valence-corrected chi connectivity index (χ2v) is 8.14. The molecule has 1 aliphatic carbocycles. The molecular formula is C19H25N5O2. The van der Waals surface area contributed by atoms with Crippen LogP contribution in [0.4, 0.5) is 0 Å². The van der Waals surface area contributed by atoms with Crippen molar-refractivity contribution in [2.24, 2.45) is 17.8 Å². The molecule has 26 heavy (non-hydrogen) atoms. The van der Waals surface area contributed by atoms with Gasteiger partial charge >= 0.3 is 0 Å². The normalized spacial score (nSPS) is 27.5. The number of carbonyl (C=O) groups is 1. The first-order valence-electron chi connectivity index (χ1n) is 9.49. The SMILES string of the molecule is Cc1cc2n(n1)CCN(CC1[C@H]3CN(C(=O)c4c(C)noc4C)C[C@@H]13)C2. The van der Waals surface area contributed by atoms with Crippen LogP contribution in [0, 0.1) is 38.5 Å². The maximum Gasteiger partial charge on any atom is 0.259 e. The summed E-state index contributed by atoms with van der Waals surface area (Å²) in [5.41, 5.74) is 3.79. The summed E-state index contributed by atoms with van der Waals surface area (Å²) in [6.45, 7) is 11.7. The number of amides is 1. The lowest BCUT2D eigenvalue weighted by Gasteiger charge is -2.29. The molecule has 2 aromatic rings. The first-order valence-corrected chi connectivity index (χ1v) is 9.49. The van der Waals surface area contributed by atoms with Gasteiger partial charge in [0.2, 0.25) is 0 Å². The molecule has 3 aliphatic rings. The molecule has 2 aliphatic heterocycles. The average molecular weight is 355 g/mol. The molecule has 0 N–H and O–H groups in total. The maximum absolute atomic E-state index is 12.8. The van der Waals surface area contributed by atoms with E-state index in [9.17, 15) is 4.79 Å². The molecule has 7 nitrogen and oxygen atoms in total. The Balaban J connectivity index is 1.18. The highest BCUT2D eigenvalue weighted by Crippen LogP contribution is 2.52. The van der Waals surface area contributed by atoms with Gasteiger partial charge in [0.25, 0.3) is 5.91 Å². The second kappa shape index (κ2) is 5.67. The standard InChI is InChI=1S/C19H25N5O2/c1-11-6-14-7-22(4-5-24(14)20-11)8-15-16-9-23(10-17(15)16)19(25)18-12(2)21-26-13(18)3/h6,15-17H,4-5,7-10H2,1-3H3/t15?,16-,17+. The topological polar surface area (TPSA) is 67.4 Å². The third-order valence-electron chi connectivity index (χ3n) is 6.37. The summed E-state index contributed by atoms with van der Waals surface area (Å²) in [7, 11) is 0. The minimum atomic E-state index is 0.0875. The maximum atomic E-state index is 12.8. The number of likely N-dealkylation sites (tertiary alicyclic amines) is 1. The number of hydrogen-bond donors (Lipinski definition) is 0. The van der Waals surface area contributed by atoms with E-state index in [2.05, 4.69) is 32.8 Å². The molecule has 3 atom stereocenters. The summed E-state index contributed by atoms with van der Waals surface area (Å²) >= 11 is 0. The summed E-state index contributed by atoms with van der Waals surface area (Å²) in [5, 5.41) is 8.45. The molecule has 1 saturated carbocycles. The van der Waals surface area contributed by atoms with Crippen molar-refractivity contribution < 1.29 is 9.32 Å². The van der Waals surface area contributed by atoms with Crippen LogP contribution in [0.5, 0.6) is 0 Å². The van der Waals surface area contributed by atoms with Gasteiger partial charge in [0.05, 0.1) is 23.6 Å². The van der Waals surface area contributed by atoms with Crippen molar-refractivity contribution in [1.82, 2.24) is 24.7 Å². The van der Waals surface area contributed by atoms with Gasteiger partial charge < -0.3 is 9.42 Å². The molecule has 0 aromatic carbocycles. The largest absolute Gasteiger partial charge is 0.361 e. The quantitative estimate of drug-likeness (QED) is 0.837. The Morgan fingerprint density at radius 3 is 2.69 bits per heavy atom. The number of piperidine rings is 1. The lowest BCUT2D eigenvalue weighted by Crippen LogP contribution is -2.38. The Hall–Kier alpha value is -2.15. The molecule has 0 spiro atoms. The first kappa shape index (κ1) is 16.1. The van der Waals surface area contributed by atoms with Crippen molar-refractivity contribution in [2.75, 3.05) is 26.2 Å². The van der Waals surface area contributed by atoms with E-state index in [0.717, 1.165) is 50.9 Å². The smallest absolute Gasteiger partial charge is 0.259 e. The Morgan fingerprint density at radius 2 is 2.00 bits per heavy atom. The van der Waals surface area contributed by atoms with Gasteiger partial charge in [-0.2, -0.15) is 5.10 Å². The average Bonchev–Trinajstić information content (AvgIpc) is 3.00. The van der Waals surface area contributed by atoms with Crippen molar-refractivity contribution in [1.29, 1.82) is 0 Å². The number of carbonyl (C=O) groups excluding carboxylic acids is 1. The minimum absolute atomic E-state index is 0.0875. The Labute approximate surface area is 152 Å². The molecule has 2 aromatic heterocycles. The van der Waals surface area contributed by atoms with Crippen molar-refractivity contribution in [3.05, 3.63) is 34.5 Å². The van der Waals surface area contributed by atoms with E-state index in [1.807, 2.05) is 18.7 Å². The van der Waals surface area contributed by atoms with E-state index in [-0.39, 0.29) is 5.91 Å². The minimum Gasteiger partial charge on any atom is -0.361 e. The van der Waals surface area contributed by atoms with Crippen LogP contribution in [0.25, 0.3) is 0 Å². The number of aryl methyl sites for hydroxylation is 3. The molecule has 2 fully saturated rings. The molecule has 1 amide bonds. The van der Waals surface area contributed by atoms with Crippen LogP contribution < -0.4 is 0 Å². The van der Waals surface area contributed by atoms with Crippen LogP contribution in [-0.4, -0.2) is 56.8 Å². The van der Waals surface area contributed by atoms with E-state index in [1.54, 1.807) is 0 Å². The molecule has 0 bridgehead atoms. The van der Waals surface area contributed by atoms with Gasteiger partial charge in [-0.15, -0.1) is 0 Å². The van der Waals surface area contributed by atoms with E-state index in [1.165, 1.54) is 5.69 Å². The van der Waals surface area contributed by atoms with E-state index >= 15 is 0 Å². The number of hydrogen-bond acceptors (Lipinski definition) is 5. The zero-order valence-electron chi connectivity index (χ0n) is 15.6. The van der Waals surface area contributed by atoms with Crippen molar-refractivity contribution in [2.45, 2.75) is 33.9 Å². The Kier molecular flexibility index (Phi) is 3.50. The molecule has 5 rings (SSSR count). The van der Waals surface area contributed by atoms with Crippen LogP contribution in [0.1, 0.15) is 33.2 Å². The molecule has 1 saturated heterocycles. The highest BCUT2D eigenvalue weighted by molar-refractivity contribution is 5.96. The third kappa shape index (κ3) is 2.48. The zero-order chi connectivity index (χ0) is 18.0. The number of fused-ring (bicyclic) bond motifs is 2. The number of aromatic nitrogens is 3. The van der Waals surface area contributed by atoms with E-state index < -0.39 is 0 Å². The third-order valence-corrected chi connectivity index (χ3v) is 6.37. The Bertz CT molecular complexity index is 838. The van der Waals surface area contributed by atoms with E-state index in [4.69, 9.17) is 4.52 Å². The number of nitrogens with zero attached hydrogens (tertiary/aromatic N) is 5. The molecule has 4 heterocycles. The molecule has 1 unspecified atom stereocenters. The lowest BCUT2D eigenvalue weighted by atomic mass is 10.1. The fourth-order valence-electron chi connectivity index (χ4n) is 4.95. The van der Waals surface area contributed by atoms with Crippen molar-refractivity contribution >= 4 is 5.91 Å². The zero-order valence-corrected chi connectivity index (χ0v) is 15.6. The summed E-state index contributed by atoms with van der Waals surface area (Å²) in [4.78, 5) is 17.3. The highest BCUT2D eigenvalue weighted by Gasteiger charge is 2.57. The van der Waals surface area contributed by atoms with Gasteiger partial charge in [-0.3, -0.25) is 14.4 Å². The second-order valence-electron chi connectivity index (χ2n) is 8.14. The molecular weight excluding hydrogens is 330 g/mol. The number of rotatable bonds is 3. The fourth-order valence-corrected chi connectivity index (χ4v) is 4.95. The predicted molar refractivity (Wildman–Crippen MR) is 94.6 cm³/mol. The van der Waals surface area contributed by atoms with Crippen LogP contribution in [-0.2, 0) is 13.1 Å². The van der Waals surface area contributed by atoms with Crippen LogP contribution in [0.15, 0.2) is 10.6 Å². The molecule has 138 valence electrons. The Morgan fingerprint density at radius 1 is 1.23 bits per heavy atom.